The van der Waals surface area contributed by atoms with Crippen molar-refractivity contribution in [2.24, 2.45) is 0 Å². The predicted octanol–water partition coefficient (Wildman–Crippen LogP) is 0.951. The molecule has 0 bridgehead atoms. The smallest absolute Gasteiger partial charge is 0.132 e. The highest BCUT2D eigenvalue weighted by Crippen LogP contribution is 2.22. The molecule has 0 spiro atoms. The van der Waals surface area contributed by atoms with E-state index in [1.165, 1.54) is 0 Å². The largest absolute Gasteiger partial charge is 0.395 e. The Bertz CT molecular complexity index is 397. The number of ether oxygens (including phenoxy) is 1. The number of aliphatic hydroxyl groups is 1. The first kappa shape index (κ1) is 13.8. The molecule has 2 rings (SSSR count). The first-order valence-electron chi connectivity index (χ1n) is 6.03. The number of hydrogen-bond donors (Lipinski definition) is 1. The summed E-state index contributed by atoms with van der Waals surface area (Å²) in [5, 5.41) is 8.99. The zero-order chi connectivity index (χ0) is 13.0. The molecule has 5 nitrogen and oxygen atoms in total. The molecule has 0 unspecified atom stereocenters. The van der Waals surface area contributed by atoms with Crippen molar-refractivity contribution in [2.45, 2.75) is 0 Å². The highest BCUT2D eigenvalue weighted by molar-refractivity contribution is 14.1. The second kappa shape index (κ2) is 6.53. The first-order chi connectivity index (χ1) is 8.70. The van der Waals surface area contributed by atoms with Crippen LogP contribution in [0.1, 0.15) is 0 Å². The van der Waals surface area contributed by atoms with E-state index in [1.54, 1.807) is 0 Å². The molecule has 6 heteroatoms. The third kappa shape index (κ3) is 3.46. The van der Waals surface area contributed by atoms with E-state index >= 15 is 0 Å². The van der Waals surface area contributed by atoms with Crippen molar-refractivity contribution in [1.82, 2.24) is 4.98 Å². The van der Waals surface area contributed by atoms with Gasteiger partial charge in [-0.05, 0) is 34.7 Å². The second-order valence-corrected chi connectivity index (χ2v) is 5.49. The number of anilines is 2. The van der Waals surface area contributed by atoms with Crippen molar-refractivity contribution < 1.29 is 9.84 Å². The summed E-state index contributed by atoms with van der Waals surface area (Å²) < 4.78 is 6.51. The minimum absolute atomic E-state index is 0.135. The van der Waals surface area contributed by atoms with Crippen LogP contribution < -0.4 is 9.80 Å². The molecule has 18 heavy (non-hydrogen) atoms. The monoisotopic (exact) mass is 363 g/mol. The van der Waals surface area contributed by atoms with Gasteiger partial charge in [0, 0.05) is 30.3 Å². The fraction of sp³-hybridized carbons (Fsp3) is 0.583. The Hall–Kier alpha value is -0.600. The van der Waals surface area contributed by atoms with Gasteiger partial charge in [-0.25, -0.2) is 4.98 Å². The molecule has 1 aliphatic heterocycles. The lowest BCUT2D eigenvalue weighted by atomic mass is 10.3. The van der Waals surface area contributed by atoms with Gasteiger partial charge in [0.25, 0.3) is 0 Å². The molecule has 1 N–H and O–H groups in total. The van der Waals surface area contributed by atoms with Gasteiger partial charge in [0.15, 0.2) is 0 Å². The van der Waals surface area contributed by atoms with Crippen LogP contribution in [0.15, 0.2) is 12.1 Å². The fourth-order valence-corrected chi connectivity index (χ4v) is 2.44. The molecule has 0 aromatic carbocycles. The summed E-state index contributed by atoms with van der Waals surface area (Å²) in [4.78, 5) is 8.86. The van der Waals surface area contributed by atoms with Gasteiger partial charge in [0.05, 0.1) is 19.8 Å². The molecular weight excluding hydrogens is 345 g/mol. The summed E-state index contributed by atoms with van der Waals surface area (Å²) >= 11 is 2.30. The number of pyridine rings is 1. The summed E-state index contributed by atoms with van der Waals surface area (Å²) in [5.41, 5.74) is 0. The standard InChI is InChI=1S/C12H18IN3O2/c1-15(2-5-17)11-8-10(13)9-12(14-11)16-3-6-18-7-4-16/h8-9,17H,2-7H2,1H3. The molecular formula is C12H18IN3O2. The van der Waals surface area contributed by atoms with Gasteiger partial charge in [0.2, 0.25) is 0 Å². The van der Waals surface area contributed by atoms with Crippen molar-refractivity contribution in [3.8, 4) is 0 Å². The third-order valence-electron chi connectivity index (χ3n) is 2.92. The number of likely N-dealkylation sites (N-methyl/N-ethyl adjacent to an activating group) is 1. The molecule has 0 radical (unpaired) electrons. The molecule has 1 aromatic heterocycles. The Morgan fingerprint density at radius 2 is 2.17 bits per heavy atom. The maximum Gasteiger partial charge on any atom is 0.132 e. The van der Waals surface area contributed by atoms with Crippen LogP contribution in [-0.4, -0.2) is 56.6 Å². The Labute approximate surface area is 121 Å². The number of rotatable bonds is 4. The van der Waals surface area contributed by atoms with Crippen molar-refractivity contribution in [3.05, 3.63) is 15.7 Å². The summed E-state index contributed by atoms with van der Waals surface area (Å²) in [5.74, 6) is 1.89. The maximum atomic E-state index is 8.99. The van der Waals surface area contributed by atoms with Crippen LogP contribution in [0.3, 0.4) is 0 Å². The molecule has 100 valence electrons. The van der Waals surface area contributed by atoms with Gasteiger partial charge in [-0.1, -0.05) is 0 Å². The lowest BCUT2D eigenvalue weighted by Gasteiger charge is -2.29. The van der Waals surface area contributed by atoms with Crippen LogP contribution in [0, 0.1) is 3.57 Å². The van der Waals surface area contributed by atoms with E-state index in [0.717, 1.165) is 41.5 Å². The quantitative estimate of drug-likeness (QED) is 0.808. The van der Waals surface area contributed by atoms with Crippen molar-refractivity contribution in [1.29, 1.82) is 0 Å². The number of halogens is 1. The van der Waals surface area contributed by atoms with Crippen molar-refractivity contribution in [3.63, 3.8) is 0 Å². The summed E-state index contributed by atoms with van der Waals surface area (Å²) in [6.45, 7) is 4.02. The van der Waals surface area contributed by atoms with E-state index in [0.29, 0.717) is 6.54 Å². The van der Waals surface area contributed by atoms with Crippen LogP contribution in [0.5, 0.6) is 0 Å². The van der Waals surface area contributed by atoms with Gasteiger partial charge in [-0.3, -0.25) is 0 Å². The number of hydrogen-bond acceptors (Lipinski definition) is 5. The van der Waals surface area contributed by atoms with Crippen molar-refractivity contribution in [2.75, 3.05) is 56.3 Å². The normalized spacial score (nSPS) is 15.8. The Morgan fingerprint density at radius 3 is 2.83 bits per heavy atom. The van der Waals surface area contributed by atoms with Gasteiger partial charge < -0.3 is 19.6 Å². The minimum atomic E-state index is 0.135. The minimum Gasteiger partial charge on any atom is -0.395 e. The molecule has 2 heterocycles. The Balaban J connectivity index is 2.19. The predicted molar refractivity (Wildman–Crippen MR) is 80.3 cm³/mol. The van der Waals surface area contributed by atoms with Gasteiger partial charge in [0.1, 0.15) is 11.6 Å². The fourth-order valence-electron chi connectivity index (χ4n) is 1.88. The number of morpholine rings is 1. The molecule has 1 saturated heterocycles. The molecule has 1 fully saturated rings. The zero-order valence-electron chi connectivity index (χ0n) is 10.5. The average Bonchev–Trinajstić information content (AvgIpc) is 2.39. The average molecular weight is 363 g/mol. The summed E-state index contributed by atoms with van der Waals surface area (Å²) in [6.07, 6.45) is 0. The molecule has 0 saturated carbocycles. The first-order valence-corrected chi connectivity index (χ1v) is 7.11. The van der Waals surface area contributed by atoms with Crippen LogP contribution in [0.25, 0.3) is 0 Å². The SMILES string of the molecule is CN(CCO)c1cc(I)cc(N2CCOCC2)n1. The van der Waals surface area contributed by atoms with Crippen LogP contribution >= 0.6 is 22.6 Å². The molecule has 0 amide bonds. The van der Waals surface area contributed by atoms with E-state index in [4.69, 9.17) is 9.84 Å². The number of aromatic nitrogens is 1. The van der Waals surface area contributed by atoms with E-state index in [-0.39, 0.29) is 6.61 Å². The molecule has 1 aromatic rings. The third-order valence-corrected chi connectivity index (χ3v) is 3.55. The number of nitrogens with zero attached hydrogens (tertiary/aromatic N) is 3. The Kier molecular flexibility index (Phi) is 5.02. The zero-order valence-corrected chi connectivity index (χ0v) is 12.6. The Morgan fingerprint density at radius 1 is 1.44 bits per heavy atom. The van der Waals surface area contributed by atoms with Crippen LogP contribution in [0.4, 0.5) is 11.6 Å². The highest BCUT2D eigenvalue weighted by atomic mass is 127. The highest BCUT2D eigenvalue weighted by Gasteiger charge is 2.14. The van der Waals surface area contributed by atoms with Crippen molar-refractivity contribution >= 4 is 34.2 Å². The number of aliphatic hydroxyl groups excluding tert-OH is 1. The van der Waals surface area contributed by atoms with E-state index < -0.39 is 0 Å². The van der Waals surface area contributed by atoms with Gasteiger partial charge >= 0.3 is 0 Å². The van der Waals surface area contributed by atoms with E-state index in [9.17, 15) is 0 Å². The summed E-state index contributed by atoms with van der Waals surface area (Å²) in [6, 6.07) is 4.11. The summed E-state index contributed by atoms with van der Waals surface area (Å²) in [7, 11) is 1.94. The van der Waals surface area contributed by atoms with Gasteiger partial charge in [-0.2, -0.15) is 0 Å². The topological polar surface area (TPSA) is 48.8 Å². The van der Waals surface area contributed by atoms with E-state index in [2.05, 4.69) is 38.5 Å². The lowest BCUT2D eigenvalue weighted by molar-refractivity contribution is 0.122. The van der Waals surface area contributed by atoms with Crippen LogP contribution in [0.2, 0.25) is 0 Å². The molecule has 0 atom stereocenters. The lowest BCUT2D eigenvalue weighted by Crippen LogP contribution is -2.37. The molecule has 1 aliphatic rings. The maximum absolute atomic E-state index is 8.99. The van der Waals surface area contributed by atoms with Crippen LogP contribution in [-0.2, 0) is 4.74 Å². The van der Waals surface area contributed by atoms with E-state index in [1.807, 2.05) is 18.0 Å². The molecule has 0 aliphatic carbocycles. The second-order valence-electron chi connectivity index (χ2n) is 4.25. The van der Waals surface area contributed by atoms with Gasteiger partial charge in [-0.15, -0.1) is 0 Å².